The van der Waals surface area contributed by atoms with E-state index in [1.807, 2.05) is 24.3 Å². The van der Waals surface area contributed by atoms with Crippen LogP contribution in [0.4, 0.5) is 5.69 Å². The van der Waals surface area contributed by atoms with E-state index in [2.05, 4.69) is 50.6 Å². The smallest absolute Gasteiger partial charge is 0.225 e. The number of imidazole rings is 1. The van der Waals surface area contributed by atoms with Crippen LogP contribution in [0.5, 0.6) is 5.75 Å². The Balaban J connectivity index is 1.13. The Morgan fingerprint density at radius 1 is 0.970 bits per heavy atom. The van der Waals surface area contributed by atoms with Gasteiger partial charge in [-0.1, -0.05) is 24.3 Å². The summed E-state index contributed by atoms with van der Waals surface area (Å²) in [5.41, 5.74) is 3.33. The number of aryl methyl sites for hydroxylation is 1. The lowest BCUT2D eigenvalue weighted by Gasteiger charge is -2.39. The fourth-order valence-corrected chi connectivity index (χ4v) is 5.19. The monoisotopic (exact) mass is 447 g/mol. The number of carbonyl (C=O) groups excluding carboxylic acids is 1. The molecule has 174 valence electrons. The van der Waals surface area contributed by atoms with Gasteiger partial charge in [0, 0.05) is 39.1 Å². The van der Waals surface area contributed by atoms with Gasteiger partial charge in [-0.3, -0.25) is 9.69 Å². The Morgan fingerprint density at radius 3 is 2.39 bits per heavy atom. The van der Waals surface area contributed by atoms with Gasteiger partial charge >= 0.3 is 0 Å². The van der Waals surface area contributed by atoms with Gasteiger partial charge in [0.1, 0.15) is 11.6 Å². The Bertz CT molecular complexity index is 1110. The molecule has 0 aliphatic carbocycles. The second-order valence-corrected chi connectivity index (χ2v) is 9.11. The molecule has 5 rings (SSSR count). The normalized spacial score (nSPS) is 18.1. The average Bonchev–Trinajstić information content (AvgIpc) is 3.19. The van der Waals surface area contributed by atoms with Gasteiger partial charge in [-0.25, -0.2) is 4.98 Å². The number of fused-ring (bicyclic) bond motifs is 1. The van der Waals surface area contributed by atoms with Gasteiger partial charge in [0.25, 0.3) is 0 Å². The van der Waals surface area contributed by atoms with Crippen LogP contribution < -0.4 is 9.64 Å². The predicted octanol–water partition coefficient (Wildman–Crippen LogP) is 3.14. The maximum Gasteiger partial charge on any atom is 0.225 e. The first-order chi connectivity index (χ1) is 16.1. The number of piperidine rings is 1. The van der Waals surface area contributed by atoms with Crippen LogP contribution in [0, 0.1) is 5.92 Å². The summed E-state index contributed by atoms with van der Waals surface area (Å²) < 4.78 is 7.70. The molecular formula is C26H33N5O2. The highest BCUT2D eigenvalue weighted by Gasteiger charge is 2.31. The maximum atomic E-state index is 13.2. The van der Waals surface area contributed by atoms with Crippen LogP contribution in [0.1, 0.15) is 18.7 Å². The molecule has 2 aliphatic rings. The summed E-state index contributed by atoms with van der Waals surface area (Å²) in [6.45, 7) is 5.97. The quantitative estimate of drug-likeness (QED) is 0.602. The van der Waals surface area contributed by atoms with Gasteiger partial charge in [-0.2, -0.15) is 0 Å². The second-order valence-electron chi connectivity index (χ2n) is 9.11. The Labute approximate surface area is 195 Å². The summed E-state index contributed by atoms with van der Waals surface area (Å²) in [5, 5.41) is 0. The third kappa shape index (κ3) is 4.42. The van der Waals surface area contributed by atoms with Crippen molar-refractivity contribution in [2.45, 2.75) is 19.4 Å². The van der Waals surface area contributed by atoms with E-state index in [9.17, 15) is 4.79 Å². The summed E-state index contributed by atoms with van der Waals surface area (Å²) in [6, 6.07) is 16.4. The molecule has 2 saturated heterocycles. The van der Waals surface area contributed by atoms with Gasteiger partial charge in [0.2, 0.25) is 5.91 Å². The number of para-hydroxylation sites is 4. The zero-order valence-electron chi connectivity index (χ0n) is 19.6. The lowest BCUT2D eigenvalue weighted by Crippen LogP contribution is -2.51. The molecule has 7 nitrogen and oxygen atoms in total. The molecule has 0 unspecified atom stereocenters. The molecule has 3 aromatic rings. The lowest BCUT2D eigenvalue weighted by atomic mass is 9.95. The number of aromatic nitrogens is 2. The highest BCUT2D eigenvalue weighted by Crippen LogP contribution is 2.29. The van der Waals surface area contributed by atoms with Crippen LogP contribution in [0.3, 0.4) is 0 Å². The van der Waals surface area contributed by atoms with Crippen LogP contribution in [-0.2, 0) is 18.4 Å². The lowest BCUT2D eigenvalue weighted by molar-refractivity contribution is -0.137. The van der Waals surface area contributed by atoms with Crippen molar-refractivity contribution in [2.24, 2.45) is 13.0 Å². The molecule has 0 spiro atoms. The topological polar surface area (TPSA) is 53.8 Å². The molecule has 0 bridgehead atoms. The average molecular weight is 448 g/mol. The van der Waals surface area contributed by atoms with E-state index in [0.29, 0.717) is 5.91 Å². The summed E-state index contributed by atoms with van der Waals surface area (Å²) in [7, 11) is 3.80. The van der Waals surface area contributed by atoms with Crippen LogP contribution in [0.15, 0.2) is 48.5 Å². The number of anilines is 1. The van der Waals surface area contributed by atoms with Crippen molar-refractivity contribution >= 4 is 22.6 Å². The highest BCUT2D eigenvalue weighted by molar-refractivity contribution is 5.79. The third-order valence-corrected chi connectivity index (χ3v) is 7.20. The molecule has 7 heteroatoms. The SMILES string of the molecule is COc1ccccc1N1CCN(C(=O)C2CCN(Cc3nc4ccccc4n3C)CC2)CC1. The number of ether oxygens (including phenoxy) is 1. The minimum absolute atomic E-state index is 0.138. The van der Waals surface area contributed by atoms with E-state index in [4.69, 9.17) is 9.72 Å². The minimum atomic E-state index is 0.138. The summed E-state index contributed by atoms with van der Waals surface area (Å²) in [5.74, 6) is 2.45. The number of benzene rings is 2. The molecule has 1 aromatic heterocycles. The number of likely N-dealkylation sites (tertiary alicyclic amines) is 1. The van der Waals surface area contributed by atoms with Crippen molar-refractivity contribution in [3.05, 3.63) is 54.4 Å². The van der Waals surface area contributed by atoms with Gasteiger partial charge in [0.05, 0.1) is 30.4 Å². The van der Waals surface area contributed by atoms with Crippen LogP contribution in [0.25, 0.3) is 11.0 Å². The Kier molecular flexibility index (Phi) is 6.22. The molecule has 2 aromatic carbocycles. The molecule has 0 atom stereocenters. The standard InChI is InChI=1S/C26H33N5O2/c1-28-22-8-4-3-7-21(22)27-25(28)19-29-13-11-20(12-14-29)26(32)31-17-15-30(16-18-31)23-9-5-6-10-24(23)33-2/h3-10,20H,11-19H2,1-2H3. The fraction of sp³-hybridized carbons (Fsp3) is 0.462. The molecule has 0 saturated carbocycles. The summed E-state index contributed by atoms with van der Waals surface area (Å²) in [6.07, 6.45) is 1.85. The van der Waals surface area contributed by atoms with E-state index in [1.54, 1.807) is 7.11 Å². The number of rotatable bonds is 5. The predicted molar refractivity (Wildman–Crippen MR) is 131 cm³/mol. The third-order valence-electron chi connectivity index (χ3n) is 7.20. The van der Waals surface area contributed by atoms with Crippen molar-refractivity contribution in [1.29, 1.82) is 0 Å². The number of nitrogens with zero attached hydrogens (tertiary/aromatic N) is 5. The molecule has 1 amide bonds. The number of methoxy groups -OCH3 is 1. The molecular weight excluding hydrogens is 414 g/mol. The first kappa shape index (κ1) is 21.8. The highest BCUT2D eigenvalue weighted by atomic mass is 16.5. The maximum absolute atomic E-state index is 13.2. The van der Waals surface area contributed by atoms with Gasteiger partial charge in [0.15, 0.2) is 0 Å². The zero-order valence-corrected chi connectivity index (χ0v) is 19.6. The Hall–Kier alpha value is -3.06. The molecule has 0 N–H and O–H groups in total. The number of carbonyl (C=O) groups is 1. The van der Waals surface area contributed by atoms with Crippen molar-refractivity contribution in [3.8, 4) is 5.75 Å². The van der Waals surface area contributed by atoms with E-state index in [0.717, 1.165) is 81.4 Å². The number of hydrogen-bond donors (Lipinski definition) is 0. The van der Waals surface area contributed by atoms with E-state index in [1.165, 1.54) is 5.52 Å². The largest absolute Gasteiger partial charge is 0.495 e. The first-order valence-electron chi connectivity index (χ1n) is 11.9. The number of hydrogen-bond acceptors (Lipinski definition) is 5. The van der Waals surface area contributed by atoms with Gasteiger partial charge in [-0.15, -0.1) is 0 Å². The summed E-state index contributed by atoms with van der Waals surface area (Å²) in [4.78, 5) is 24.8. The fourth-order valence-electron chi connectivity index (χ4n) is 5.19. The molecule has 0 radical (unpaired) electrons. The van der Waals surface area contributed by atoms with Gasteiger partial charge in [-0.05, 0) is 50.2 Å². The van der Waals surface area contributed by atoms with Gasteiger partial charge < -0.3 is 19.1 Å². The van der Waals surface area contributed by atoms with E-state index in [-0.39, 0.29) is 5.92 Å². The molecule has 33 heavy (non-hydrogen) atoms. The second kappa shape index (κ2) is 9.43. The number of amides is 1. The van der Waals surface area contributed by atoms with Crippen molar-refractivity contribution in [2.75, 3.05) is 51.3 Å². The van der Waals surface area contributed by atoms with Crippen LogP contribution >= 0.6 is 0 Å². The zero-order chi connectivity index (χ0) is 22.8. The molecule has 3 heterocycles. The molecule has 2 aliphatic heterocycles. The van der Waals surface area contributed by atoms with Crippen LogP contribution in [0.2, 0.25) is 0 Å². The minimum Gasteiger partial charge on any atom is -0.495 e. The van der Waals surface area contributed by atoms with E-state index >= 15 is 0 Å². The van der Waals surface area contributed by atoms with Crippen molar-refractivity contribution in [1.82, 2.24) is 19.4 Å². The van der Waals surface area contributed by atoms with Crippen molar-refractivity contribution in [3.63, 3.8) is 0 Å². The molecule has 2 fully saturated rings. The van der Waals surface area contributed by atoms with Crippen molar-refractivity contribution < 1.29 is 9.53 Å². The van der Waals surface area contributed by atoms with E-state index < -0.39 is 0 Å². The Morgan fingerprint density at radius 2 is 1.67 bits per heavy atom. The first-order valence-corrected chi connectivity index (χ1v) is 11.9. The summed E-state index contributed by atoms with van der Waals surface area (Å²) >= 11 is 0. The van der Waals surface area contributed by atoms with Crippen LogP contribution in [-0.4, -0.2) is 71.6 Å². The number of piperazine rings is 1.